The first-order valence-corrected chi connectivity index (χ1v) is 9.40. The third-order valence-electron chi connectivity index (χ3n) is 4.29. The summed E-state index contributed by atoms with van der Waals surface area (Å²) >= 11 is 0. The van der Waals surface area contributed by atoms with Gasteiger partial charge in [0.15, 0.2) is 5.96 Å². The first kappa shape index (κ1) is 25.2. The highest BCUT2D eigenvalue weighted by Gasteiger charge is 2.23. The number of halogens is 1. The van der Waals surface area contributed by atoms with Gasteiger partial charge < -0.3 is 20.7 Å². The van der Waals surface area contributed by atoms with E-state index in [9.17, 15) is 4.79 Å². The van der Waals surface area contributed by atoms with Gasteiger partial charge in [0.1, 0.15) is 5.60 Å². The SMILES string of the molecule is CN=C(NCCNC(=O)OC(C)(C)C)NCC(C)N1CCCCC1C.I. The maximum absolute atomic E-state index is 11.6. The second-order valence-corrected chi connectivity index (χ2v) is 7.74. The number of rotatable bonds is 6. The highest BCUT2D eigenvalue weighted by Crippen LogP contribution is 2.18. The molecule has 0 aromatic heterocycles. The van der Waals surface area contributed by atoms with Crippen LogP contribution in [-0.4, -0.2) is 67.9 Å². The van der Waals surface area contributed by atoms with Crippen molar-refractivity contribution in [3.8, 4) is 0 Å². The Labute approximate surface area is 176 Å². The van der Waals surface area contributed by atoms with Crippen LogP contribution in [0.5, 0.6) is 0 Å². The molecule has 0 aliphatic carbocycles. The fourth-order valence-electron chi connectivity index (χ4n) is 3.02. The molecular weight excluding hydrogens is 445 g/mol. The maximum Gasteiger partial charge on any atom is 0.407 e. The number of nitrogens with zero attached hydrogens (tertiary/aromatic N) is 2. The van der Waals surface area contributed by atoms with E-state index in [1.165, 1.54) is 25.8 Å². The number of nitrogens with one attached hydrogen (secondary N) is 3. The third-order valence-corrected chi connectivity index (χ3v) is 4.29. The summed E-state index contributed by atoms with van der Waals surface area (Å²) in [4.78, 5) is 18.4. The average molecular weight is 483 g/mol. The van der Waals surface area contributed by atoms with Crippen LogP contribution in [0.1, 0.15) is 53.9 Å². The van der Waals surface area contributed by atoms with Gasteiger partial charge in [-0.3, -0.25) is 9.89 Å². The summed E-state index contributed by atoms with van der Waals surface area (Å²) in [5.41, 5.74) is -0.475. The summed E-state index contributed by atoms with van der Waals surface area (Å²) in [5.74, 6) is 0.752. The Morgan fingerprint density at radius 1 is 1.23 bits per heavy atom. The number of carbonyl (C=O) groups excluding carboxylic acids is 1. The van der Waals surface area contributed by atoms with Crippen LogP contribution in [-0.2, 0) is 4.74 Å². The number of hydrogen-bond acceptors (Lipinski definition) is 4. The van der Waals surface area contributed by atoms with Crippen molar-refractivity contribution in [2.45, 2.75) is 71.6 Å². The number of aliphatic imine (C=N–C) groups is 1. The summed E-state index contributed by atoms with van der Waals surface area (Å²) in [6, 6.07) is 1.12. The highest BCUT2D eigenvalue weighted by molar-refractivity contribution is 14.0. The van der Waals surface area contributed by atoms with Crippen LogP contribution in [0.15, 0.2) is 4.99 Å². The zero-order valence-corrected chi connectivity index (χ0v) is 19.6. The highest BCUT2D eigenvalue weighted by atomic mass is 127. The molecule has 1 rings (SSSR count). The van der Waals surface area contributed by atoms with E-state index in [0.717, 1.165) is 12.5 Å². The molecule has 2 unspecified atom stereocenters. The van der Waals surface area contributed by atoms with E-state index in [1.807, 2.05) is 20.8 Å². The van der Waals surface area contributed by atoms with Gasteiger partial charge in [-0.1, -0.05) is 6.42 Å². The van der Waals surface area contributed by atoms with E-state index in [0.29, 0.717) is 25.2 Å². The lowest BCUT2D eigenvalue weighted by Gasteiger charge is -2.38. The fourth-order valence-corrected chi connectivity index (χ4v) is 3.02. The Bertz CT molecular complexity index is 440. The molecule has 0 aromatic rings. The zero-order chi connectivity index (χ0) is 18.9. The quantitative estimate of drug-likeness (QED) is 0.234. The molecule has 1 fully saturated rings. The average Bonchev–Trinajstić information content (AvgIpc) is 2.52. The molecule has 2 atom stereocenters. The molecule has 0 aromatic carbocycles. The van der Waals surface area contributed by atoms with Crippen LogP contribution in [0.4, 0.5) is 4.79 Å². The number of carbonyl (C=O) groups is 1. The van der Waals surface area contributed by atoms with Crippen LogP contribution in [0, 0.1) is 0 Å². The van der Waals surface area contributed by atoms with Gasteiger partial charge >= 0.3 is 6.09 Å². The van der Waals surface area contributed by atoms with E-state index in [1.54, 1.807) is 7.05 Å². The van der Waals surface area contributed by atoms with Crippen molar-refractivity contribution in [3.05, 3.63) is 0 Å². The van der Waals surface area contributed by atoms with Crippen molar-refractivity contribution >= 4 is 36.0 Å². The Morgan fingerprint density at radius 3 is 2.46 bits per heavy atom. The standard InChI is InChI=1S/C18H37N5O2.HI/c1-14-9-7-8-12-23(14)15(2)13-22-16(19-6)20-10-11-21-17(24)25-18(3,4)5;/h14-15H,7-13H2,1-6H3,(H,21,24)(H2,19,20,22);1H. The Balaban J connectivity index is 0.00000625. The molecule has 1 aliphatic heterocycles. The van der Waals surface area contributed by atoms with E-state index in [4.69, 9.17) is 4.74 Å². The largest absolute Gasteiger partial charge is 0.444 e. The molecule has 26 heavy (non-hydrogen) atoms. The molecule has 3 N–H and O–H groups in total. The van der Waals surface area contributed by atoms with Gasteiger partial charge in [-0.15, -0.1) is 24.0 Å². The first-order valence-electron chi connectivity index (χ1n) is 9.40. The summed E-state index contributed by atoms with van der Waals surface area (Å²) < 4.78 is 5.20. The molecule has 1 saturated heterocycles. The normalized spacial score (nSPS) is 19.9. The molecular formula is C18H38IN5O2. The Hall–Kier alpha value is -0.770. The molecule has 7 nitrogen and oxygen atoms in total. The van der Waals surface area contributed by atoms with E-state index >= 15 is 0 Å². The van der Waals surface area contributed by atoms with Gasteiger partial charge in [0.2, 0.25) is 0 Å². The monoisotopic (exact) mass is 483 g/mol. The number of amides is 1. The number of piperidine rings is 1. The minimum Gasteiger partial charge on any atom is -0.444 e. The minimum atomic E-state index is -0.475. The van der Waals surface area contributed by atoms with Crippen LogP contribution in [0.25, 0.3) is 0 Å². The first-order chi connectivity index (χ1) is 11.7. The minimum absolute atomic E-state index is 0. The molecule has 0 bridgehead atoms. The van der Waals surface area contributed by atoms with Crippen molar-refractivity contribution in [1.82, 2.24) is 20.9 Å². The summed E-state index contributed by atoms with van der Waals surface area (Å²) in [5, 5.41) is 9.30. The number of likely N-dealkylation sites (tertiary alicyclic amines) is 1. The number of guanidine groups is 1. The van der Waals surface area contributed by atoms with Gasteiger partial charge in [0, 0.05) is 38.8 Å². The predicted molar refractivity (Wildman–Crippen MR) is 118 cm³/mol. The lowest BCUT2D eigenvalue weighted by atomic mass is 10.0. The Kier molecular flexibility index (Phi) is 12.2. The second kappa shape index (κ2) is 12.6. The third kappa shape index (κ3) is 10.4. The van der Waals surface area contributed by atoms with E-state index in [-0.39, 0.29) is 24.0 Å². The van der Waals surface area contributed by atoms with Crippen LogP contribution < -0.4 is 16.0 Å². The van der Waals surface area contributed by atoms with Crippen molar-refractivity contribution < 1.29 is 9.53 Å². The van der Waals surface area contributed by atoms with Crippen molar-refractivity contribution in [3.63, 3.8) is 0 Å². The predicted octanol–water partition coefficient (Wildman–Crippen LogP) is 2.56. The lowest BCUT2D eigenvalue weighted by molar-refractivity contribution is 0.0529. The Morgan fingerprint density at radius 2 is 1.88 bits per heavy atom. The molecule has 8 heteroatoms. The number of ether oxygens (including phenoxy) is 1. The van der Waals surface area contributed by atoms with Crippen LogP contribution in [0.3, 0.4) is 0 Å². The summed E-state index contributed by atoms with van der Waals surface area (Å²) in [6.07, 6.45) is 3.52. The molecule has 1 aliphatic rings. The van der Waals surface area contributed by atoms with Crippen LogP contribution >= 0.6 is 24.0 Å². The summed E-state index contributed by atoms with van der Waals surface area (Å²) in [7, 11) is 1.75. The molecule has 1 amide bonds. The summed E-state index contributed by atoms with van der Waals surface area (Å²) in [6.45, 7) is 13.2. The van der Waals surface area contributed by atoms with Gasteiger partial charge in [0.05, 0.1) is 0 Å². The van der Waals surface area contributed by atoms with Gasteiger partial charge in [-0.05, 0) is 54.0 Å². The zero-order valence-electron chi connectivity index (χ0n) is 17.2. The van der Waals surface area contributed by atoms with E-state index in [2.05, 4.69) is 39.7 Å². The lowest BCUT2D eigenvalue weighted by Crippen LogP contribution is -2.50. The number of alkyl carbamates (subject to hydrolysis) is 1. The molecule has 0 radical (unpaired) electrons. The topological polar surface area (TPSA) is 78.0 Å². The van der Waals surface area contributed by atoms with Crippen molar-refractivity contribution in [2.75, 3.05) is 33.2 Å². The van der Waals surface area contributed by atoms with Crippen molar-refractivity contribution in [2.24, 2.45) is 4.99 Å². The van der Waals surface area contributed by atoms with Crippen molar-refractivity contribution in [1.29, 1.82) is 0 Å². The van der Waals surface area contributed by atoms with Gasteiger partial charge in [0.25, 0.3) is 0 Å². The van der Waals surface area contributed by atoms with Gasteiger partial charge in [-0.2, -0.15) is 0 Å². The molecule has 0 saturated carbocycles. The second-order valence-electron chi connectivity index (χ2n) is 7.74. The van der Waals surface area contributed by atoms with Gasteiger partial charge in [-0.25, -0.2) is 4.79 Å². The molecule has 1 heterocycles. The fraction of sp³-hybridized carbons (Fsp3) is 0.889. The number of hydrogen-bond donors (Lipinski definition) is 3. The van der Waals surface area contributed by atoms with E-state index < -0.39 is 11.7 Å². The smallest absolute Gasteiger partial charge is 0.407 e. The maximum atomic E-state index is 11.6. The molecule has 0 spiro atoms. The molecule has 154 valence electrons. The van der Waals surface area contributed by atoms with Crippen LogP contribution in [0.2, 0.25) is 0 Å².